The van der Waals surface area contributed by atoms with Crippen LogP contribution in [0.5, 0.6) is 0 Å². The van der Waals surface area contributed by atoms with E-state index in [9.17, 15) is 0 Å². The van der Waals surface area contributed by atoms with Crippen molar-refractivity contribution in [3.05, 3.63) is 16.2 Å². The number of nitrogens with one attached hydrogen (secondary N) is 2. The fourth-order valence-electron chi connectivity index (χ4n) is 1.32. The molecule has 0 unspecified atom stereocenters. The van der Waals surface area contributed by atoms with Crippen molar-refractivity contribution in [2.45, 2.75) is 19.3 Å². The Labute approximate surface area is 58.3 Å². The minimum Gasteiger partial charge on any atom is -0.334 e. The van der Waals surface area contributed by atoms with Crippen molar-refractivity contribution < 1.29 is 0 Å². The van der Waals surface area contributed by atoms with Crippen LogP contribution in [-0.2, 0) is 12.8 Å². The van der Waals surface area contributed by atoms with Crippen LogP contribution in [0.1, 0.15) is 17.8 Å². The molecule has 0 aromatic carbocycles. The summed E-state index contributed by atoms with van der Waals surface area (Å²) < 4.78 is 0.778. The van der Waals surface area contributed by atoms with Gasteiger partial charge in [-0.2, -0.15) is 0 Å². The fraction of sp³-hybridized carbons (Fsp3) is 0.500. The molecule has 0 bridgehead atoms. The first-order valence-corrected chi connectivity index (χ1v) is 3.57. The fourth-order valence-corrected chi connectivity index (χ4v) is 1.57. The first kappa shape index (κ1) is 5.23. The Morgan fingerprint density at radius 2 is 1.67 bits per heavy atom. The number of rotatable bonds is 0. The molecule has 48 valence electrons. The Kier molecular flexibility index (Phi) is 0.990. The van der Waals surface area contributed by atoms with Crippen molar-refractivity contribution in [1.29, 1.82) is 0 Å². The average Bonchev–Trinajstić information content (AvgIpc) is 2.22. The van der Waals surface area contributed by atoms with Crippen LogP contribution >= 0.6 is 12.2 Å². The predicted molar refractivity (Wildman–Crippen MR) is 38.0 cm³/mol. The van der Waals surface area contributed by atoms with Gasteiger partial charge in [0.1, 0.15) is 0 Å². The smallest absolute Gasteiger partial charge is 0.174 e. The van der Waals surface area contributed by atoms with Crippen LogP contribution in [-0.4, -0.2) is 9.97 Å². The van der Waals surface area contributed by atoms with E-state index >= 15 is 0 Å². The van der Waals surface area contributed by atoms with E-state index < -0.39 is 0 Å². The van der Waals surface area contributed by atoms with Gasteiger partial charge in [0.05, 0.1) is 0 Å². The van der Waals surface area contributed by atoms with Gasteiger partial charge in [-0.15, -0.1) is 0 Å². The Balaban J connectivity index is 2.64. The van der Waals surface area contributed by atoms with Gasteiger partial charge in [0.15, 0.2) is 4.77 Å². The number of hydrogen-bond acceptors (Lipinski definition) is 1. The second kappa shape index (κ2) is 1.70. The molecule has 0 spiro atoms. The maximum absolute atomic E-state index is 4.91. The number of aryl methyl sites for hydroxylation is 2. The van der Waals surface area contributed by atoms with Crippen LogP contribution in [0.15, 0.2) is 0 Å². The van der Waals surface area contributed by atoms with E-state index in [1.165, 1.54) is 30.7 Å². The summed E-state index contributed by atoms with van der Waals surface area (Å²) in [6.07, 6.45) is 3.61. The van der Waals surface area contributed by atoms with E-state index in [4.69, 9.17) is 12.2 Å². The number of imidazole rings is 1. The minimum atomic E-state index is 0.778. The second-order valence-corrected chi connectivity index (χ2v) is 2.80. The summed E-state index contributed by atoms with van der Waals surface area (Å²) >= 11 is 4.91. The highest BCUT2D eigenvalue weighted by Gasteiger charge is 2.11. The Hall–Kier alpha value is -0.570. The lowest BCUT2D eigenvalue weighted by atomic mass is 10.4. The van der Waals surface area contributed by atoms with E-state index in [1.807, 2.05) is 0 Å². The molecule has 0 saturated heterocycles. The summed E-state index contributed by atoms with van der Waals surface area (Å²) in [7, 11) is 0. The van der Waals surface area contributed by atoms with Gasteiger partial charge in [-0.1, -0.05) is 0 Å². The first-order chi connectivity index (χ1) is 4.36. The summed E-state index contributed by atoms with van der Waals surface area (Å²) in [6.45, 7) is 0. The van der Waals surface area contributed by atoms with Gasteiger partial charge in [-0.05, 0) is 31.5 Å². The van der Waals surface area contributed by atoms with E-state index in [-0.39, 0.29) is 0 Å². The van der Waals surface area contributed by atoms with Crippen LogP contribution in [0, 0.1) is 4.77 Å². The predicted octanol–water partition coefficient (Wildman–Crippen LogP) is 1.56. The summed E-state index contributed by atoms with van der Waals surface area (Å²) in [6, 6.07) is 0. The summed E-state index contributed by atoms with van der Waals surface area (Å²) in [5.74, 6) is 0. The van der Waals surface area contributed by atoms with Gasteiger partial charge in [0.2, 0.25) is 0 Å². The van der Waals surface area contributed by atoms with Crippen molar-refractivity contribution in [3.8, 4) is 0 Å². The summed E-state index contributed by atoms with van der Waals surface area (Å²) in [5.41, 5.74) is 2.64. The molecule has 0 saturated carbocycles. The van der Waals surface area contributed by atoms with Crippen LogP contribution in [0.3, 0.4) is 0 Å². The van der Waals surface area contributed by atoms with Gasteiger partial charge >= 0.3 is 0 Å². The summed E-state index contributed by atoms with van der Waals surface area (Å²) in [5, 5.41) is 0. The SMILES string of the molecule is S=c1[nH]c2c([nH]1)CCC2. The maximum Gasteiger partial charge on any atom is 0.174 e. The molecule has 1 aliphatic rings. The van der Waals surface area contributed by atoms with E-state index in [0.29, 0.717) is 0 Å². The zero-order valence-corrected chi connectivity index (χ0v) is 5.85. The van der Waals surface area contributed by atoms with Crippen molar-refractivity contribution in [3.63, 3.8) is 0 Å². The number of aromatic nitrogens is 2. The topological polar surface area (TPSA) is 31.6 Å². The van der Waals surface area contributed by atoms with Crippen LogP contribution in [0.4, 0.5) is 0 Å². The highest BCUT2D eigenvalue weighted by molar-refractivity contribution is 7.71. The lowest BCUT2D eigenvalue weighted by Crippen LogP contribution is -1.74. The number of H-pyrrole nitrogens is 2. The van der Waals surface area contributed by atoms with Crippen molar-refractivity contribution in [1.82, 2.24) is 9.97 Å². The molecule has 2 rings (SSSR count). The Bertz CT molecular complexity index is 246. The molecule has 1 aromatic heterocycles. The third kappa shape index (κ3) is 0.721. The third-order valence-electron chi connectivity index (χ3n) is 1.75. The number of hydrogen-bond donors (Lipinski definition) is 2. The van der Waals surface area contributed by atoms with E-state index in [0.717, 1.165) is 4.77 Å². The molecular weight excluding hydrogens is 132 g/mol. The molecule has 1 heterocycles. The second-order valence-electron chi connectivity index (χ2n) is 2.39. The minimum absolute atomic E-state index is 0.778. The third-order valence-corrected chi connectivity index (χ3v) is 1.95. The largest absolute Gasteiger partial charge is 0.334 e. The Morgan fingerprint density at radius 3 is 2.22 bits per heavy atom. The van der Waals surface area contributed by atoms with Gasteiger partial charge < -0.3 is 9.97 Å². The number of aromatic amines is 2. The number of fused-ring (bicyclic) bond motifs is 1. The molecule has 0 fully saturated rings. The van der Waals surface area contributed by atoms with Crippen molar-refractivity contribution in [2.75, 3.05) is 0 Å². The van der Waals surface area contributed by atoms with Crippen LogP contribution < -0.4 is 0 Å². The molecule has 3 heteroatoms. The average molecular weight is 140 g/mol. The molecule has 0 atom stereocenters. The van der Waals surface area contributed by atoms with Crippen molar-refractivity contribution >= 4 is 12.2 Å². The standard InChI is InChI=1S/C6H8N2S/c9-6-7-4-2-1-3-5(4)8-6/h1-3H2,(H2,7,8,9). The van der Waals surface area contributed by atoms with Gasteiger partial charge in [-0.25, -0.2) is 0 Å². The normalized spacial score (nSPS) is 16.0. The van der Waals surface area contributed by atoms with Crippen LogP contribution in [0.2, 0.25) is 0 Å². The molecule has 0 radical (unpaired) electrons. The van der Waals surface area contributed by atoms with Gasteiger partial charge in [-0.3, -0.25) is 0 Å². The van der Waals surface area contributed by atoms with Crippen molar-refractivity contribution in [2.24, 2.45) is 0 Å². The molecule has 2 N–H and O–H groups in total. The zero-order valence-electron chi connectivity index (χ0n) is 5.03. The maximum atomic E-state index is 4.91. The van der Waals surface area contributed by atoms with E-state index in [1.54, 1.807) is 0 Å². The first-order valence-electron chi connectivity index (χ1n) is 3.16. The molecule has 1 aliphatic carbocycles. The molecule has 1 aromatic rings. The highest BCUT2D eigenvalue weighted by Crippen LogP contribution is 2.16. The monoisotopic (exact) mass is 140 g/mol. The molecule has 9 heavy (non-hydrogen) atoms. The Morgan fingerprint density at radius 1 is 1.11 bits per heavy atom. The van der Waals surface area contributed by atoms with Gasteiger partial charge in [0.25, 0.3) is 0 Å². The highest BCUT2D eigenvalue weighted by atomic mass is 32.1. The lowest BCUT2D eigenvalue weighted by molar-refractivity contribution is 0.873. The van der Waals surface area contributed by atoms with Crippen LogP contribution in [0.25, 0.3) is 0 Å². The van der Waals surface area contributed by atoms with E-state index in [2.05, 4.69) is 9.97 Å². The molecule has 2 nitrogen and oxygen atoms in total. The van der Waals surface area contributed by atoms with Gasteiger partial charge in [0, 0.05) is 11.4 Å². The molecule has 0 amide bonds. The molecule has 0 aliphatic heterocycles. The quantitative estimate of drug-likeness (QED) is 0.526. The lowest BCUT2D eigenvalue weighted by Gasteiger charge is -1.80. The molecular formula is C6H8N2S. The zero-order chi connectivity index (χ0) is 6.27. The summed E-state index contributed by atoms with van der Waals surface area (Å²) in [4.78, 5) is 6.23.